The molecule has 17 heteroatoms. The molecule has 1 saturated carbocycles. The Morgan fingerprint density at radius 2 is 1.33 bits per heavy atom. The van der Waals surface area contributed by atoms with Crippen LogP contribution in [-0.2, 0) is 37.0 Å². The third-order valence-electron chi connectivity index (χ3n) is 7.05. The first-order valence-electron chi connectivity index (χ1n) is 15.1. The topological polar surface area (TPSA) is 239 Å². The quantitative estimate of drug-likeness (QED) is 0.0321. The number of hydrogen-bond acceptors (Lipinski definition) is 12. The Morgan fingerprint density at radius 3 is 1.84 bits per heavy atom. The van der Waals surface area contributed by atoms with Crippen LogP contribution in [0.5, 0.6) is 0 Å². The van der Waals surface area contributed by atoms with Crippen LogP contribution in [0.25, 0.3) is 0 Å². The smallest absolute Gasteiger partial charge is 0.457 e. The van der Waals surface area contributed by atoms with Gasteiger partial charge in [-0.15, -0.1) is 0 Å². The van der Waals surface area contributed by atoms with Gasteiger partial charge >= 0.3 is 21.6 Å². The second-order valence-electron chi connectivity index (χ2n) is 10.9. The molecule has 0 aromatic carbocycles. The van der Waals surface area contributed by atoms with Crippen LogP contribution >= 0.6 is 15.6 Å². The summed E-state index contributed by atoms with van der Waals surface area (Å²) in [7, 11) is -10.1. The van der Waals surface area contributed by atoms with Gasteiger partial charge in [0, 0.05) is 12.8 Å². The number of carbonyl (C=O) groups is 1. The minimum atomic E-state index is -5.07. The highest BCUT2D eigenvalue weighted by atomic mass is 31.2. The van der Waals surface area contributed by atoms with E-state index in [2.05, 4.69) is 11.4 Å². The molecule has 0 saturated heterocycles. The van der Waals surface area contributed by atoms with Crippen molar-refractivity contribution in [2.45, 2.75) is 140 Å². The summed E-state index contributed by atoms with van der Waals surface area (Å²) >= 11 is 0. The molecule has 0 amide bonds. The Kier molecular flexibility index (Phi) is 20.8. The first kappa shape index (κ1) is 40.5. The van der Waals surface area contributed by atoms with E-state index in [4.69, 9.17) is 33.4 Å². The van der Waals surface area contributed by atoms with E-state index in [1.54, 1.807) is 0 Å². The maximum Gasteiger partial charge on any atom is 0.472 e. The molecule has 15 nitrogen and oxygen atoms in total. The van der Waals surface area contributed by atoms with Gasteiger partial charge < -0.3 is 44.6 Å². The van der Waals surface area contributed by atoms with Gasteiger partial charge in [-0.2, -0.15) is 0 Å². The summed E-state index contributed by atoms with van der Waals surface area (Å²) < 4.78 is 47.6. The molecule has 1 rings (SSSR count). The van der Waals surface area contributed by atoms with E-state index in [1.807, 2.05) is 0 Å². The van der Waals surface area contributed by atoms with Crippen LogP contribution in [0, 0.1) is 0 Å². The number of ether oxygens (including phenoxy) is 2. The van der Waals surface area contributed by atoms with E-state index in [0.29, 0.717) is 6.42 Å². The maximum absolute atomic E-state index is 12.5. The maximum atomic E-state index is 12.5. The lowest BCUT2D eigenvalue weighted by molar-refractivity contribution is -0.171. The molecule has 0 radical (unpaired) electrons. The third-order valence-corrected chi connectivity index (χ3v) is 8.58. The van der Waals surface area contributed by atoms with Crippen molar-refractivity contribution in [2.24, 2.45) is 0 Å². The first-order valence-corrected chi connectivity index (χ1v) is 18.1. The van der Waals surface area contributed by atoms with E-state index in [9.17, 15) is 34.1 Å². The predicted octanol–water partition coefficient (Wildman–Crippen LogP) is 2.81. The summed E-state index contributed by atoms with van der Waals surface area (Å²) in [5.74, 6) is -0.593. The van der Waals surface area contributed by atoms with Crippen LogP contribution in [0.4, 0.5) is 0 Å². The molecular weight excluding hydrogens is 614 g/mol. The zero-order chi connectivity index (χ0) is 32.3. The summed E-state index contributed by atoms with van der Waals surface area (Å²) in [5, 5.41) is 39.4. The van der Waals surface area contributed by atoms with Crippen molar-refractivity contribution in [3.05, 3.63) is 0 Å². The third kappa shape index (κ3) is 18.9. The number of unbranched alkanes of at least 4 members (excludes halogenated alkanes) is 12. The molecular formula is C26H52O15P2. The molecule has 1 aliphatic rings. The lowest BCUT2D eigenvalue weighted by atomic mass is 9.87. The van der Waals surface area contributed by atoms with Gasteiger partial charge in [0.15, 0.2) is 0 Å². The Labute approximate surface area is 253 Å². The molecule has 7 N–H and O–H groups in total. The fourth-order valence-corrected chi connectivity index (χ4v) is 6.31. The number of carbonyl (C=O) groups excluding carboxylic acids is 1. The van der Waals surface area contributed by atoms with Gasteiger partial charge in [-0.05, 0) is 6.42 Å². The number of aliphatic hydroxyl groups excluding tert-OH is 4. The largest absolute Gasteiger partial charge is 0.472 e. The molecule has 4 unspecified atom stereocenters. The van der Waals surface area contributed by atoms with Crippen molar-refractivity contribution in [3.8, 4) is 0 Å². The summed E-state index contributed by atoms with van der Waals surface area (Å²) in [6.45, 7) is 0.430. The molecule has 0 heterocycles. The Morgan fingerprint density at radius 1 is 0.791 bits per heavy atom. The van der Waals surface area contributed by atoms with Crippen LogP contribution in [0.2, 0.25) is 0 Å². The normalized spacial score (nSPS) is 24.9. The van der Waals surface area contributed by atoms with Gasteiger partial charge in [0.2, 0.25) is 0 Å². The Hall–Kier alpha value is -0.510. The van der Waals surface area contributed by atoms with Gasteiger partial charge in [0.25, 0.3) is 0 Å². The van der Waals surface area contributed by atoms with E-state index in [1.165, 1.54) is 51.4 Å². The predicted molar refractivity (Wildman–Crippen MR) is 153 cm³/mol. The van der Waals surface area contributed by atoms with Crippen molar-refractivity contribution in [1.29, 1.82) is 0 Å². The summed E-state index contributed by atoms with van der Waals surface area (Å²) in [5.41, 5.74) is 0. The van der Waals surface area contributed by atoms with E-state index in [-0.39, 0.29) is 13.0 Å². The van der Waals surface area contributed by atoms with Crippen LogP contribution in [0.3, 0.4) is 0 Å². The minimum Gasteiger partial charge on any atom is -0.457 e. The molecule has 1 fully saturated rings. The second kappa shape index (κ2) is 22.1. The van der Waals surface area contributed by atoms with E-state index >= 15 is 0 Å². The highest BCUT2D eigenvalue weighted by Crippen LogP contribution is 2.48. The van der Waals surface area contributed by atoms with Crippen LogP contribution in [-0.4, -0.2) is 97.7 Å². The molecule has 0 aromatic rings. The molecule has 7 atom stereocenters. The van der Waals surface area contributed by atoms with E-state index in [0.717, 1.165) is 25.7 Å². The van der Waals surface area contributed by atoms with Gasteiger partial charge in [-0.25, -0.2) is 9.13 Å². The molecule has 0 bridgehead atoms. The summed E-state index contributed by atoms with van der Waals surface area (Å²) in [6, 6.07) is 0. The Bertz CT molecular complexity index is 841. The number of esters is 1. The van der Waals surface area contributed by atoms with Gasteiger partial charge in [-0.1, -0.05) is 84.0 Å². The highest BCUT2D eigenvalue weighted by molar-refractivity contribution is 7.47. The lowest BCUT2D eigenvalue weighted by Gasteiger charge is -2.40. The van der Waals surface area contributed by atoms with Crippen LogP contribution in [0.15, 0.2) is 0 Å². The number of aliphatic hydroxyl groups is 4. The van der Waals surface area contributed by atoms with Crippen LogP contribution in [0.1, 0.15) is 103 Å². The van der Waals surface area contributed by atoms with Crippen molar-refractivity contribution in [3.63, 3.8) is 0 Å². The van der Waals surface area contributed by atoms with Gasteiger partial charge in [0.05, 0.1) is 19.3 Å². The number of rotatable bonds is 25. The summed E-state index contributed by atoms with van der Waals surface area (Å²) in [6.07, 6.45) is 3.84. The van der Waals surface area contributed by atoms with E-state index < -0.39 is 78.1 Å². The zero-order valence-corrected chi connectivity index (χ0v) is 26.8. The fraction of sp³-hybridized carbons (Fsp3) is 0.962. The average molecular weight is 667 g/mol. The molecule has 0 aromatic heterocycles. The van der Waals surface area contributed by atoms with Crippen LogP contribution < -0.4 is 0 Å². The molecule has 256 valence electrons. The first-order chi connectivity index (χ1) is 20.3. The number of hydrogen-bond donors (Lipinski definition) is 7. The van der Waals surface area contributed by atoms with Crippen molar-refractivity contribution in [2.75, 3.05) is 20.0 Å². The number of phosphoric acid groups is 2. The van der Waals surface area contributed by atoms with Crippen molar-refractivity contribution >= 4 is 21.6 Å². The standard InChI is InChI=1S/C26H52O15P2/c1-2-3-4-5-6-7-8-9-10-11-12-13-14-15-23(29)39-20(17-37-19-27)18-38-43(35,36)41-26-21(28)16-22(24(30)25(26)31)40-42(32,33)34/h20-22,24-28,30-31H,2-19H2,1H3,(H,35,36)(H2,32,33,34)/t20-,21?,22-,24?,25+,26?/m1/s1. The van der Waals surface area contributed by atoms with Crippen molar-refractivity contribution < 1.29 is 72.1 Å². The SMILES string of the molecule is CCCCCCCCCCCCCCCC(=O)O[C@H](COCO)COP(=O)(O)OC1C(O)C[C@@H](OP(=O)(O)O)C(O)[C@@H]1O. The zero-order valence-electron chi connectivity index (χ0n) is 25.0. The molecule has 1 aliphatic carbocycles. The average Bonchev–Trinajstić information content (AvgIpc) is 2.93. The second-order valence-corrected chi connectivity index (χ2v) is 13.5. The molecule has 0 aliphatic heterocycles. The molecule has 43 heavy (non-hydrogen) atoms. The van der Waals surface area contributed by atoms with Crippen molar-refractivity contribution in [1.82, 2.24) is 0 Å². The van der Waals surface area contributed by atoms with Gasteiger partial charge in [-0.3, -0.25) is 18.4 Å². The Balaban J connectivity index is 2.38. The monoisotopic (exact) mass is 666 g/mol. The highest BCUT2D eigenvalue weighted by Gasteiger charge is 2.49. The molecule has 0 spiro atoms. The fourth-order valence-electron chi connectivity index (χ4n) is 4.76. The van der Waals surface area contributed by atoms with Gasteiger partial charge in [0.1, 0.15) is 37.3 Å². The summed E-state index contributed by atoms with van der Waals surface area (Å²) in [4.78, 5) is 40.2. The lowest BCUT2D eigenvalue weighted by Crippen LogP contribution is -2.57. The minimum absolute atomic E-state index is 0.108. The number of phosphoric ester groups is 2.